The number of carbonyl (C=O) groups excluding carboxylic acids is 1. The lowest BCUT2D eigenvalue weighted by Crippen LogP contribution is -2.24. The Kier molecular flexibility index (Phi) is 2.33. The summed E-state index contributed by atoms with van der Waals surface area (Å²) in [5, 5.41) is 9.93. The van der Waals surface area contributed by atoms with Gasteiger partial charge in [0.15, 0.2) is 0 Å². The highest BCUT2D eigenvalue weighted by atomic mass is 16.3. The van der Waals surface area contributed by atoms with Crippen LogP contribution >= 0.6 is 0 Å². The van der Waals surface area contributed by atoms with Gasteiger partial charge in [-0.15, -0.1) is 0 Å². The summed E-state index contributed by atoms with van der Waals surface area (Å²) in [6.45, 7) is 0. The fourth-order valence-corrected chi connectivity index (χ4v) is 2.51. The first-order valence-electron chi connectivity index (χ1n) is 5.84. The van der Waals surface area contributed by atoms with E-state index in [4.69, 9.17) is 0 Å². The van der Waals surface area contributed by atoms with Gasteiger partial charge < -0.3 is 10.0 Å². The average Bonchev–Trinajstić information content (AvgIpc) is 2.64. The van der Waals surface area contributed by atoms with Crippen molar-refractivity contribution in [3.8, 4) is 5.75 Å². The first kappa shape index (κ1) is 10.8. The number of likely N-dealkylation sites (N-methyl/N-ethyl adjacent to an activating group) is 1. The molecule has 1 heterocycles. The minimum Gasteiger partial charge on any atom is -0.508 e. The van der Waals surface area contributed by atoms with Crippen molar-refractivity contribution in [2.75, 3.05) is 11.9 Å². The van der Waals surface area contributed by atoms with Gasteiger partial charge in [-0.05, 0) is 17.7 Å². The van der Waals surface area contributed by atoms with Gasteiger partial charge in [0, 0.05) is 18.3 Å². The third-order valence-electron chi connectivity index (χ3n) is 3.43. The van der Waals surface area contributed by atoms with Crippen LogP contribution in [-0.4, -0.2) is 18.1 Å². The van der Waals surface area contributed by atoms with Crippen molar-refractivity contribution in [1.82, 2.24) is 0 Å². The molecule has 0 aliphatic carbocycles. The van der Waals surface area contributed by atoms with Crippen LogP contribution < -0.4 is 4.90 Å². The van der Waals surface area contributed by atoms with E-state index in [0.29, 0.717) is 5.56 Å². The van der Waals surface area contributed by atoms with E-state index in [-0.39, 0.29) is 11.7 Å². The molecule has 0 spiro atoms. The lowest BCUT2D eigenvalue weighted by molar-refractivity contribution is -0.118. The van der Waals surface area contributed by atoms with Crippen LogP contribution in [0.3, 0.4) is 0 Å². The van der Waals surface area contributed by atoms with E-state index in [9.17, 15) is 9.90 Å². The number of phenolic OH excluding ortho intramolecular Hbond substituents is 1. The highest BCUT2D eigenvalue weighted by molar-refractivity contribution is 6.06. The quantitative estimate of drug-likeness (QED) is 0.830. The number of para-hydroxylation sites is 2. The summed E-state index contributed by atoms with van der Waals surface area (Å²) < 4.78 is 0. The van der Waals surface area contributed by atoms with Gasteiger partial charge in [0.05, 0.1) is 5.92 Å². The van der Waals surface area contributed by atoms with Gasteiger partial charge in [-0.25, -0.2) is 0 Å². The predicted molar refractivity (Wildman–Crippen MR) is 69.8 cm³/mol. The van der Waals surface area contributed by atoms with Crippen LogP contribution in [-0.2, 0) is 4.79 Å². The fourth-order valence-electron chi connectivity index (χ4n) is 2.51. The summed E-state index contributed by atoms with van der Waals surface area (Å²) in [5.41, 5.74) is 2.53. The number of anilines is 1. The molecule has 18 heavy (non-hydrogen) atoms. The predicted octanol–water partition coefficient (Wildman–Crippen LogP) is 2.50. The highest BCUT2D eigenvalue weighted by Crippen LogP contribution is 2.42. The number of hydrogen-bond acceptors (Lipinski definition) is 2. The standard InChI is InChI=1S/C15H13NO2/c1-16-12-8-4-2-6-10(12)14(15(16)18)11-7-3-5-9-13(11)17/h2-9,14,17H,1H3. The van der Waals surface area contributed by atoms with Crippen molar-refractivity contribution in [3.05, 3.63) is 59.7 Å². The number of carbonyl (C=O) groups is 1. The van der Waals surface area contributed by atoms with E-state index in [0.717, 1.165) is 11.3 Å². The molecule has 3 nitrogen and oxygen atoms in total. The molecule has 1 atom stereocenters. The number of hydrogen-bond donors (Lipinski definition) is 1. The van der Waals surface area contributed by atoms with Gasteiger partial charge in [0.2, 0.25) is 5.91 Å². The average molecular weight is 239 g/mol. The zero-order valence-electron chi connectivity index (χ0n) is 10.00. The Labute approximate surface area is 105 Å². The third-order valence-corrected chi connectivity index (χ3v) is 3.43. The van der Waals surface area contributed by atoms with Crippen LogP contribution in [0.2, 0.25) is 0 Å². The van der Waals surface area contributed by atoms with Crippen molar-refractivity contribution in [1.29, 1.82) is 0 Å². The van der Waals surface area contributed by atoms with Gasteiger partial charge in [0.1, 0.15) is 5.75 Å². The van der Waals surface area contributed by atoms with E-state index in [1.54, 1.807) is 30.1 Å². The fraction of sp³-hybridized carbons (Fsp3) is 0.133. The van der Waals surface area contributed by atoms with E-state index in [2.05, 4.69) is 0 Å². The molecule has 3 heteroatoms. The Hall–Kier alpha value is -2.29. The number of fused-ring (bicyclic) bond motifs is 1. The summed E-state index contributed by atoms with van der Waals surface area (Å²) in [6.07, 6.45) is 0. The Balaban J connectivity index is 2.20. The van der Waals surface area contributed by atoms with Gasteiger partial charge in [-0.3, -0.25) is 4.79 Å². The van der Waals surface area contributed by atoms with E-state index < -0.39 is 5.92 Å². The molecular weight excluding hydrogens is 226 g/mol. The second-order valence-electron chi connectivity index (χ2n) is 4.45. The Bertz CT molecular complexity index is 621. The van der Waals surface area contributed by atoms with Crippen LogP contribution in [0.15, 0.2) is 48.5 Å². The smallest absolute Gasteiger partial charge is 0.238 e. The molecule has 0 saturated carbocycles. The molecular formula is C15H13NO2. The summed E-state index contributed by atoms with van der Waals surface area (Å²) in [6, 6.07) is 14.7. The molecule has 1 N–H and O–H groups in total. The van der Waals surface area contributed by atoms with Crippen LogP contribution in [0.25, 0.3) is 0 Å². The minimum absolute atomic E-state index is 0.00213. The van der Waals surface area contributed by atoms with E-state index in [1.165, 1.54) is 0 Å². The number of aromatic hydroxyl groups is 1. The number of rotatable bonds is 1. The lowest BCUT2D eigenvalue weighted by Gasteiger charge is -2.12. The van der Waals surface area contributed by atoms with Crippen molar-refractivity contribution in [2.45, 2.75) is 5.92 Å². The van der Waals surface area contributed by atoms with Gasteiger partial charge in [0.25, 0.3) is 0 Å². The van der Waals surface area contributed by atoms with E-state index >= 15 is 0 Å². The molecule has 2 aromatic rings. The number of benzene rings is 2. The Morgan fingerprint density at radius 3 is 2.33 bits per heavy atom. The monoisotopic (exact) mass is 239 g/mol. The highest BCUT2D eigenvalue weighted by Gasteiger charge is 2.37. The van der Waals surface area contributed by atoms with Gasteiger partial charge in [-0.2, -0.15) is 0 Å². The molecule has 0 aromatic heterocycles. The summed E-state index contributed by atoms with van der Waals surface area (Å²) in [4.78, 5) is 14.0. The second-order valence-corrected chi connectivity index (χ2v) is 4.45. The van der Waals surface area contributed by atoms with Crippen LogP contribution in [0.5, 0.6) is 5.75 Å². The molecule has 0 saturated heterocycles. The first-order valence-corrected chi connectivity index (χ1v) is 5.84. The molecule has 0 radical (unpaired) electrons. The van der Waals surface area contributed by atoms with E-state index in [1.807, 2.05) is 30.3 Å². The summed E-state index contributed by atoms with van der Waals surface area (Å²) in [7, 11) is 1.77. The van der Waals surface area contributed by atoms with Gasteiger partial charge in [-0.1, -0.05) is 36.4 Å². The molecule has 1 amide bonds. The maximum atomic E-state index is 12.3. The van der Waals surface area contributed by atoms with Crippen molar-refractivity contribution in [3.63, 3.8) is 0 Å². The molecule has 1 aliphatic rings. The molecule has 90 valence electrons. The SMILES string of the molecule is CN1C(=O)C(c2ccccc2O)c2ccccc21. The summed E-state index contributed by atoms with van der Waals surface area (Å²) in [5.74, 6) is -0.231. The normalized spacial score (nSPS) is 17.9. The van der Waals surface area contributed by atoms with Crippen LogP contribution in [0.4, 0.5) is 5.69 Å². The van der Waals surface area contributed by atoms with Crippen molar-refractivity contribution < 1.29 is 9.90 Å². The number of amides is 1. The third kappa shape index (κ3) is 1.40. The molecule has 3 rings (SSSR count). The molecule has 1 aliphatic heterocycles. The van der Waals surface area contributed by atoms with Crippen molar-refractivity contribution >= 4 is 11.6 Å². The van der Waals surface area contributed by atoms with Gasteiger partial charge >= 0.3 is 0 Å². The lowest BCUT2D eigenvalue weighted by atomic mass is 9.92. The van der Waals surface area contributed by atoms with Crippen LogP contribution in [0.1, 0.15) is 17.0 Å². The molecule has 0 bridgehead atoms. The second kappa shape index (κ2) is 3.88. The summed E-state index contributed by atoms with van der Waals surface area (Å²) >= 11 is 0. The number of nitrogens with zero attached hydrogens (tertiary/aromatic N) is 1. The molecule has 1 unspecified atom stereocenters. The topological polar surface area (TPSA) is 40.5 Å². The Morgan fingerprint density at radius 2 is 1.61 bits per heavy atom. The molecule has 2 aromatic carbocycles. The zero-order chi connectivity index (χ0) is 12.7. The largest absolute Gasteiger partial charge is 0.508 e. The number of phenols is 1. The zero-order valence-corrected chi connectivity index (χ0v) is 10.00. The minimum atomic E-state index is -0.396. The Morgan fingerprint density at radius 1 is 1.00 bits per heavy atom. The van der Waals surface area contributed by atoms with Crippen molar-refractivity contribution in [2.24, 2.45) is 0 Å². The van der Waals surface area contributed by atoms with Crippen LogP contribution in [0, 0.1) is 0 Å². The first-order chi connectivity index (χ1) is 8.70. The molecule has 0 fully saturated rings. The maximum Gasteiger partial charge on any atom is 0.238 e. The maximum absolute atomic E-state index is 12.3.